The maximum atomic E-state index is 8.55. The molecule has 0 bridgehead atoms. The summed E-state index contributed by atoms with van der Waals surface area (Å²) in [4.78, 5) is 3.36. The van der Waals surface area contributed by atoms with E-state index in [9.17, 15) is 0 Å². The van der Waals surface area contributed by atoms with Crippen LogP contribution in [0.3, 0.4) is 0 Å². The van der Waals surface area contributed by atoms with Gasteiger partial charge in [0.1, 0.15) is 5.75 Å². The highest BCUT2D eigenvalue weighted by molar-refractivity contribution is 5.86. The number of nitrogens with zero attached hydrogens (tertiary/aromatic N) is 1. The van der Waals surface area contributed by atoms with Crippen LogP contribution in [0.5, 0.6) is 5.75 Å². The van der Waals surface area contributed by atoms with Crippen molar-refractivity contribution in [3.8, 4) is 11.8 Å². The standard InChI is InChI=1S/C22H25N3O/c1-17-6-4-9-21-22(17)19(16-25-21)10-12-24-15-18-7-5-8-20(14-18)26-13-3-2-11-23/h4-9,14,16,24-25H,2-3,10,12-13,15H2,1H3. The number of nitrogens with one attached hydrogen (secondary N) is 2. The zero-order chi connectivity index (χ0) is 18.2. The molecular formula is C22H25N3O. The Morgan fingerprint density at radius 2 is 2.08 bits per heavy atom. The predicted molar refractivity (Wildman–Crippen MR) is 105 cm³/mol. The fourth-order valence-corrected chi connectivity index (χ4v) is 3.19. The number of benzene rings is 2. The van der Waals surface area contributed by atoms with Gasteiger partial charge in [0.05, 0.1) is 12.7 Å². The van der Waals surface area contributed by atoms with Gasteiger partial charge in [0, 0.05) is 30.1 Å². The van der Waals surface area contributed by atoms with Crippen LogP contribution in [0.1, 0.15) is 29.5 Å². The normalized spacial score (nSPS) is 10.8. The molecule has 1 aromatic heterocycles. The minimum Gasteiger partial charge on any atom is -0.494 e. The van der Waals surface area contributed by atoms with Crippen LogP contribution < -0.4 is 10.1 Å². The van der Waals surface area contributed by atoms with E-state index in [1.807, 2.05) is 12.1 Å². The lowest BCUT2D eigenvalue weighted by Crippen LogP contribution is -2.16. The molecular weight excluding hydrogens is 322 g/mol. The van der Waals surface area contributed by atoms with Crippen LogP contribution in [-0.2, 0) is 13.0 Å². The van der Waals surface area contributed by atoms with Gasteiger partial charge in [0.15, 0.2) is 0 Å². The van der Waals surface area contributed by atoms with E-state index < -0.39 is 0 Å². The van der Waals surface area contributed by atoms with Crippen LogP contribution in [0.25, 0.3) is 10.9 Å². The molecule has 0 unspecified atom stereocenters. The first kappa shape index (κ1) is 18.0. The number of nitriles is 1. The summed E-state index contributed by atoms with van der Waals surface area (Å²) < 4.78 is 5.69. The topological polar surface area (TPSA) is 60.8 Å². The first-order valence-corrected chi connectivity index (χ1v) is 9.13. The molecule has 2 aromatic carbocycles. The van der Waals surface area contributed by atoms with Gasteiger partial charge in [0.2, 0.25) is 0 Å². The van der Waals surface area contributed by atoms with Crippen LogP contribution in [0.4, 0.5) is 0 Å². The summed E-state index contributed by atoms with van der Waals surface area (Å²) in [6.07, 6.45) is 4.42. The van der Waals surface area contributed by atoms with E-state index in [4.69, 9.17) is 10.00 Å². The van der Waals surface area contributed by atoms with Crippen molar-refractivity contribution in [2.24, 2.45) is 0 Å². The molecule has 0 amide bonds. The highest BCUT2D eigenvalue weighted by Crippen LogP contribution is 2.22. The van der Waals surface area contributed by atoms with E-state index in [1.54, 1.807) is 0 Å². The second kappa shape index (κ2) is 9.07. The van der Waals surface area contributed by atoms with Gasteiger partial charge in [-0.25, -0.2) is 0 Å². The number of aryl methyl sites for hydroxylation is 1. The number of fused-ring (bicyclic) bond motifs is 1. The van der Waals surface area contributed by atoms with E-state index in [-0.39, 0.29) is 0 Å². The van der Waals surface area contributed by atoms with Crippen molar-refractivity contribution in [2.45, 2.75) is 32.7 Å². The summed E-state index contributed by atoms with van der Waals surface area (Å²) in [5.41, 5.74) is 5.10. The van der Waals surface area contributed by atoms with Crippen molar-refractivity contribution in [2.75, 3.05) is 13.2 Å². The van der Waals surface area contributed by atoms with Crippen LogP contribution in [0.2, 0.25) is 0 Å². The number of rotatable bonds is 9. The van der Waals surface area contributed by atoms with Crippen molar-refractivity contribution < 1.29 is 4.74 Å². The van der Waals surface area contributed by atoms with Gasteiger partial charge in [-0.3, -0.25) is 0 Å². The molecule has 0 saturated carbocycles. The summed E-state index contributed by atoms with van der Waals surface area (Å²) in [6.45, 7) is 4.49. The van der Waals surface area contributed by atoms with E-state index in [2.05, 4.69) is 59.8 Å². The number of unbranched alkanes of at least 4 members (excludes halogenated alkanes) is 1. The summed E-state index contributed by atoms with van der Waals surface area (Å²) in [5.74, 6) is 0.870. The molecule has 26 heavy (non-hydrogen) atoms. The maximum absolute atomic E-state index is 8.55. The minimum absolute atomic E-state index is 0.536. The first-order valence-electron chi connectivity index (χ1n) is 9.13. The van der Waals surface area contributed by atoms with Crippen LogP contribution in [-0.4, -0.2) is 18.1 Å². The van der Waals surface area contributed by atoms with Gasteiger partial charge in [-0.15, -0.1) is 0 Å². The zero-order valence-electron chi connectivity index (χ0n) is 15.2. The smallest absolute Gasteiger partial charge is 0.119 e. The molecule has 4 heteroatoms. The van der Waals surface area contributed by atoms with Crippen LogP contribution in [0.15, 0.2) is 48.7 Å². The van der Waals surface area contributed by atoms with Crippen LogP contribution in [0, 0.1) is 18.3 Å². The SMILES string of the molecule is Cc1cccc2[nH]cc(CCNCc3cccc(OCCCC#N)c3)c12. The van der Waals surface area contributed by atoms with Gasteiger partial charge in [-0.05, 0) is 61.2 Å². The Morgan fingerprint density at radius 3 is 2.96 bits per heavy atom. The Balaban J connectivity index is 1.48. The molecule has 3 rings (SSSR count). The van der Waals surface area contributed by atoms with Gasteiger partial charge in [0.25, 0.3) is 0 Å². The monoisotopic (exact) mass is 347 g/mol. The molecule has 3 aromatic rings. The Kier molecular flexibility index (Phi) is 6.29. The molecule has 0 aliphatic carbocycles. The Bertz CT molecular complexity index is 892. The molecule has 0 aliphatic rings. The molecule has 0 radical (unpaired) electrons. The van der Waals surface area contributed by atoms with Crippen molar-refractivity contribution in [3.63, 3.8) is 0 Å². The lowest BCUT2D eigenvalue weighted by atomic mass is 10.1. The van der Waals surface area contributed by atoms with Crippen molar-refractivity contribution in [3.05, 3.63) is 65.4 Å². The molecule has 2 N–H and O–H groups in total. The second-order valence-electron chi connectivity index (χ2n) is 6.50. The van der Waals surface area contributed by atoms with E-state index in [0.717, 1.165) is 31.7 Å². The minimum atomic E-state index is 0.536. The number of hydrogen-bond donors (Lipinski definition) is 2. The molecule has 1 heterocycles. The third-order valence-corrected chi connectivity index (χ3v) is 4.50. The fraction of sp³-hybridized carbons (Fsp3) is 0.318. The van der Waals surface area contributed by atoms with Gasteiger partial charge in [-0.2, -0.15) is 5.26 Å². The van der Waals surface area contributed by atoms with E-state index >= 15 is 0 Å². The van der Waals surface area contributed by atoms with Crippen molar-refractivity contribution in [1.29, 1.82) is 5.26 Å². The van der Waals surface area contributed by atoms with Gasteiger partial charge < -0.3 is 15.0 Å². The van der Waals surface area contributed by atoms with Crippen LogP contribution >= 0.6 is 0 Å². The Labute approximate surface area is 154 Å². The second-order valence-corrected chi connectivity index (χ2v) is 6.50. The quantitative estimate of drug-likeness (QED) is 0.561. The Morgan fingerprint density at radius 1 is 1.19 bits per heavy atom. The Hall–Kier alpha value is -2.77. The predicted octanol–water partition coefficient (Wildman–Crippen LogP) is 4.49. The maximum Gasteiger partial charge on any atom is 0.119 e. The highest BCUT2D eigenvalue weighted by Gasteiger charge is 2.05. The van der Waals surface area contributed by atoms with Crippen molar-refractivity contribution >= 4 is 10.9 Å². The van der Waals surface area contributed by atoms with E-state index in [0.29, 0.717) is 13.0 Å². The third-order valence-electron chi connectivity index (χ3n) is 4.50. The average Bonchev–Trinajstić information content (AvgIpc) is 3.07. The molecule has 0 spiro atoms. The number of aromatic nitrogens is 1. The molecule has 0 fully saturated rings. The van der Waals surface area contributed by atoms with Gasteiger partial charge in [-0.1, -0.05) is 24.3 Å². The lowest BCUT2D eigenvalue weighted by Gasteiger charge is -2.09. The molecule has 0 saturated heterocycles. The number of aromatic amines is 1. The number of hydrogen-bond acceptors (Lipinski definition) is 3. The molecule has 0 atom stereocenters. The number of ether oxygens (including phenoxy) is 1. The molecule has 4 nitrogen and oxygen atoms in total. The highest BCUT2D eigenvalue weighted by atomic mass is 16.5. The summed E-state index contributed by atoms with van der Waals surface area (Å²) in [5, 5.41) is 13.4. The first-order chi connectivity index (χ1) is 12.8. The molecule has 134 valence electrons. The number of H-pyrrole nitrogens is 1. The fourth-order valence-electron chi connectivity index (χ4n) is 3.19. The summed E-state index contributed by atoms with van der Waals surface area (Å²) in [6, 6.07) is 16.7. The summed E-state index contributed by atoms with van der Waals surface area (Å²) >= 11 is 0. The van der Waals surface area contributed by atoms with Crippen molar-refractivity contribution in [1.82, 2.24) is 10.3 Å². The lowest BCUT2D eigenvalue weighted by molar-refractivity contribution is 0.312. The summed E-state index contributed by atoms with van der Waals surface area (Å²) in [7, 11) is 0. The largest absolute Gasteiger partial charge is 0.494 e. The third kappa shape index (κ3) is 4.65. The molecule has 0 aliphatic heterocycles. The van der Waals surface area contributed by atoms with Gasteiger partial charge >= 0.3 is 0 Å². The average molecular weight is 347 g/mol. The van der Waals surface area contributed by atoms with E-state index in [1.165, 1.54) is 27.6 Å². The zero-order valence-corrected chi connectivity index (χ0v) is 15.2.